The van der Waals surface area contributed by atoms with E-state index in [2.05, 4.69) is 10.3 Å². The van der Waals surface area contributed by atoms with Crippen molar-refractivity contribution in [1.82, 2.24) is 14.9 Å². The van der Waals surface area contributed by atoms with Gasteiger partial charge in [0.25, 0.3) is 5.91 Å². The normalized spacial score (nSPS) is 12.2. The highest BCUT2D eigenvalue weighted by Gasteiger charge is 2.19. The maximum atomic E-state index is 12.7. The van der Waals surface area contributed by atoms with E-state index >= 15 is 0 Å². The van der Waals surface area contributed by atoms with Crippen molar-refractivity contribution in [2.24, 2.45) is 0 Å². The fraction of sp³-hybridized carbons (Fsp3) is 0.143. The van der Waals surface area contributed by atoms with E-state index in [-0.39, 0.29) is 11.9 Å². The molecule has 0 unspecified atom stereocenters. The van der Waals surface area contributed by atoms with Crippen LogP contribution in [-0.4, -0.2) is 15.5 Å². The highest BCUT2D eigenvalue weighted by Crippen LogP contribution is 2.25. The fourth-order valence-electron chi connectivity index (χ4n) is 3.08. The maximum absolute atomic E-state index is 12.7. The molecule has 26 heavy (non-hydrogen) atoms. The van der Waals surface area contributed by atoms with Crippen molar-refractivity contribution in [3.8, 4) is 5.69 Å². The first kappa shape index (κ1) is 16.1. The van der Waals surface area contributed by atoms with E-state index in [1.165, 1.54) is 0 Å². The lowest BCUT2D eigenvalue weighted by atomic mass is 10.1. The number of amides is 1. The molecule has 1 N–H and O–H groups in total. The second-order valence-corrected chi connectivity index (χ2v) is 6.31. The Bertz CT molecular complexity index is 1050. The molecule has 2 aromatic carbocycles. The molecule has 0 saturated heterocycles. The Morgan fingerprint density at radius 3 is 2.62 bits per heavy atom. The topological polar surface area (TPSA) is 60.1 Å². The van der Waals surface area contributed by atoms with Crippen LogP contribution in [0.1, 0.15) is 34.6 Å². The molecule has 0 bridgehead atoms. The molecule has 5 heteroatoms. The van der Waals surface area contributed by atoms with Gasteiger partial charge >= 0.3 is 0 Å². The molecule has 4 aromatic rings. The van der Waals surface area contributed by atoms with E-state index in [1.54, 1.807) is 12.5 Å². The van der Waals surface area contributed by atoms with Gasteiger partial charge in [-0.25, -0.2) is 4.98 Å². The summed E-state index contributed by atoms with van der Waals surface area (Å²) >= 11 is 0. The number of imidazole rings is 1. The van der Waals surface area contributed by atoms with E-state index in [9.17, 15) is 4.79 Å². The van der Waals surface area contributed by atoms with Gasteiger partial charge in [0, 0.05) is 29.0 Å². The highest BCUT2D eigenvalue weighted by molar-refractivity contribution is 5.99. The molecule has 0 fully saturated rings. The molecule has 2 aromatic heterocycles. The zero-order valence-electron chi connectivity index (χ0n) is 14.6. The van der Waals surface area contributed by atoms with E-state index in [0.717, 1.165) is 27.8 Å². The Kier molecular flexibility index (Phi) is 4.05. The average Bonchev–Trinajstić information content (AvgIpc) is 3.31. The maximum Gasteiger partial charge on any atom is 0.287 e. The number of fused-ring (bicyclic) bond motifs is 1. The van der Waals surface area contributed by atoms with Gasteiger partial charge in [0.2, 0.25) is 0 Å². The smallest absolute Gasteiger partial charge is 0.287 e. The number of carbonyl (C=O) groups is 1. The quantitative estimate of drug-likeness (QED) is 0.596. The highest BCUT2D eigenvalue weighted by atomic mass is 16.3. The van der Waals surface area contributed by atoms with Gasteiger partial charge in [0.05, 0.1) is 12.4 Å². The predicted molar refractivity (Wildman–Crippen MR) is 100 cm³/mol. The lowest BCUT2D eigenvalue weighted by molar-refractivity contribution is 0.0913. The SMILES string of the molecule is Cc1c(C(=O)N[C@@H](C)c2ccc(-n3ccnc3)cc2)oc2ccccc12. The van der Waals surface area contributed by atoms with Gasteiger partial charge in [-0.2, -0.15) is 0 Å². The molecule has 0 aliphatic rings. The molecule has 0 aliphatic carbocycles. The summed E-state index contributed by atoms with van der Waals surface area (Å²) < 4.78 is 7.68. The zero-order valence-corrected chi connectivity index (χ0v) is 14.6. The summed E-state index contributed by atoms with van der Waals surface area (Å²) in [5.41, 5.74) is 3.64. The Morgan fingerprint density at radius 2 is 1.92 bits per heavy atom. The van der Waals surface area contributed by atoms with Crippen LogP contribution in [0.3, 0.4) is 0 Å². The summed E-state index contributed by atoms with van der Waals surface area (Å²) in [6, 6.07) is 15.6. The number of hydrogen-bond acceptors (Lipinski definition) is 3. The van der Waals surface area contributed by atoms with Crippen LogP contribution < -0.4 is 5.32 Å². The summed E-state index contributed by atoms with van der Waals surface area (Å²) in [6.07, 6.45) is 5.39. The number of nitrogens with one attached hydrogen (secondary N) is 1. The summed E-state index contributed by atoms with van der Waals surface area (Å²) in [4.78, 5) is 16.7. The molecule has 0 spiro atoms. The van der Waals surface area contributed by atoms with E-state index in [0.29, 0.717) is 5.76 Å². The van der Waals surface area contributed by atoms with Crippen LogP contribution in [0.5, 0.6) is 0 Å². The number of aromatic nitrogens is 2. The zero-order chi connectivity index (χ0) is 18.1. The van der Waals surface area contributed by atoms with Gasteiger partial charge in [-0.1, -0.05) is 30.3 Å². The third kappa shape index (κ3) is 2.88. The molecule has 0 aliphatic heterocycles. The van der Waals surface area contributed by atoms with Gasteiger partial charge in [-0.3, -0.25) is 4.79 Å². The van der Waals surface area contributed by atoms with Crippen molar-refractivity contribution < 1.29 is 9.21 Å². The van der Waals surface area contributed by atoms with Crippen LogP contribution in [0, 0.1) is 6.92 Å². The first-order valence-electron chi connectivity index (χ1n) is 8.51. The number of nitrogens with zero attached hydrogens (tertiary/aromatic N) is 2. The Labute approximate surface area is 151 Å². The predicted octanol–water partition coefficient (Wildman–Crippen LogP) is 4.42. The molecule has 4 rings (SSSR count). The van der Waals surface area contributed by atoms with Crippen LogP contribution in [0.15, 0.2) is 71.7 Å². The number of furan rings is 1. The second-order valence-electron chi connectivity index (χ2n) is 6.31. The second kappa shape index (κ2) is 6.52. The third-order valence-corrected chi connectivity index (χ3v) is 4.59. The fourth-order valence-corrected chi connectivity index (χ4v) is 3.08. The molecule has 130 valence electrons. The number of hydrogen-bond donors (Lipinski definition) is 1. The largest absolute Gasteiger partial charge is 0.451 e. The van der Waals surface area contributed by atoms with Gasteiger partial charge in [-0.05, 0) is 37.6 Å². The van der Waals surface area contributed by atoms with E-state index < -0.39 is 0 Å². The van der Waals surface area contributed by atoms with Crippen LogP contribution in [0.4, 0.5) is 0 Å². The summed E-state index contributed by atoms with van der Waals surface area (Å²) in [6.45, 7) is 3.87. The minimum absolute atomic E-state index is 0.132. The summed E-state index contributed by atoms with van der Waals surface area (Å²) in [5, 5.41) is 3.98. The molecular formula is C21H19N3O2. The Balaban J connectivity index is 1.52. The number of aryl methyl sites for hydroxylation is 1. The van der Waals surface area contributed by atoms with Crippen LogP contribution in [0.2, 0.25) is 0 Å². The van der Waals surface area contributed by atoms with E-state index in [4.69, 9.17) is 4.42 Å². The first-order chi connectivity index (χ1) is 12.6. The molecular weight excluding hydrogens is 326 g/mol. The van der Waals surface area contributed by atoms with Crippen LogP contribution in [-0.2, 0) is 0 Å². The Morgan fingerprint density at radius 1 is 1.15 bits per heavy atom. The number of carbonyl (C=O) groups excluding carboxylic acids is 1. The van der Waals surface area contributed by atoms with Crippen LogP contribution >= 0.6 is 0 Å². The standard InChI is InChI=1S/C21H19N3O2/c1-14-18-5-3-4-6-19(18)26-20(14)21(25)23-15(2)16-7-9-17(10-8-16)24-12-11-22-13-24/h3-13,15H,1-2H3,(H,23,25)/t15-/m0/s1. The average molecular weight is 345 g/mol. The van der Waals surface area contributed by atoms with Crippen molar-refractivity contribution in [2.45, 2.75) is 19.9 Å². The van der Waals surface area contributed by atoms with Gasteiger partial charge < -0.3 is 14.3 Å². The van der Waals surface area contributed by atoms with Crippen molar-refractivity contribution in [3.05, 3.63) is 84.1 Å². The first-order valence-corrected chi connectivity index (χ1v) is 8.51. The third-order valence-electron chi connectivity index (χ3n) is 4.59. The summed E-state index contributed by atoms with van der Waals surface area (Å²) in [5.74, 6) is 0.165. The number of para-hydroxylation sites is 1. The summed E-state index contributed by atoms with van der Waals surface area (Å²) in [7, 11) is 0. The van der Waals surface area contributed by atoms with Gasteiger partial charge in [-0.15, -0.1) is 0 Å². The monoisotopic (exact) mass is 345 g/mol. The minimum atomic E-state index is -0.204. The van der Waals surface area contributed by atoms with Crippen molar-refractivity contribution >= 4 is 16.9 Å². The van der Waals surface area contributed by atoms with E-state index in [1.807, 2.05) is 73.1 Å². The number of benzene rings is 2. The molecule has 0 radical (unpaired) electrons. The lowest BCUT2D eigenvalue weighted by Gasteiger charge is -2.14. The molecule has 2 heterocycles. The minimum Gasteiger partial charge on any atom is -0.451 e. The van der Waals surface area contributed by atoms with Crippen molar-refractivity contribution in [1.29, 1.82) is 0 Å². The van der Waals surface area contributed by atoms with Gasteiger partial charge in [0.1, 0.15) is 5.58 Å². The van der Waals surface area contributed by atoms with Gasteiger partial charge in [0.15, 0.2) is 5.76 Å². The number of rotatable bonds is 4. The lowest BCUT2D eigenvalue weighted by Crippen LogP contribution is -2.26. The molecule has 1 amide bonds. The molecule has 5 nitrogen and oxygen atoms in total. The van der Waals surface area contributed by atoms with Crippen molar-refractivity contribution in [2.75, 3.05) is 0 Å². The Hall–Kier alpha value is -3.34. The van der Waals surface area contributed by atoms with Crippen molar-refractivity contribution in [3.63, 3.8) is 0 Å². The van der Waals surface area contributed by atoms with Crippen LogP contribution in [0.25, 0.3) is 16.7 Å². The molecule has 1 atom stereocenters. The molecule has 0 saturated carbocycles.